The number of aliphatic imine (C=N–C) groups is 1. The molecule has 1 unspecified atom stereocenters. The van der Waals surface area contributed by atoms with E-state index in [2.05, 4.69) is 11.1 Å². The molecular formula is C15H15NO3. The van der Waals surface area contributed by atoms with Crippen molar-refractivity contribution in [3.8, 4) is 5.75 Å². The van der Waals surface area contributed by atoms with Crippen LogP contribution in [0.3, 0.4) is 0 Å². The summed E-state index contributed by atoms with van der Waals surface area (Å²) in [5, 5.41) is 9.48. The summed E-state index contributed by atoms with van der Waals surface area (Å²) in [6, 6.07) is 5.03. The summed E-state index contributed by atoms with van der Waals surface area (Å²) in [7, 11) is 1.39. The van der Waals surface area contributed by atoms with Crippen LogP contribution in [-0.2, 0) is 16.0 Å². The number of rotatable bonds is 2. The van der Waals surface area contributed by atoms with Gasteiger partial charge in [-0.05, 0) is 54.2 Å². The van der Waals surface area contributed by atoms with Gasteiger partial charge in [-0.2, -0.15) is 0 Å². The van der Waals surface area contributed by atoms with Crippen LogP contribution in [0.4, 0.5) is 0 Å². The predicted molar refractivity (Wildman–Crippen MR) is 72.3 cm³/mol. The number of aromatic hydroxyl groups is 1. The molecule has 0 bridgehead atoms. The van der Waals surface area contributed by atoms with Gasteiger partial charge in [-0.3, -0.25) is 4.99 Å². The van der Waals surface area contributed by atoms with Crippen molar-refractivity contribution in [2.75, 3.05) is 7.11 Å². The van der Waals surface area contributed by atoms with Crippen LogP contribution in [0.25, 0.3) is 6.08 Å². The molecule has 1 atom stereocenters. The number of allylic oxidation sites excluding steroid dienone is 1. The molecule has 0 aromatic heterocycles. The normalized spacial score (nSPS) is 20.8. The number of hydrogen-bond donors (Lipinski definition) is 1. The van der Waals surface area contributed by atoms with Crippen LogP contribution >= 0.6 is 0 Å². The minimum atomic E-state index is -0.349. The molecule has 19 heavy (non-hydrogen) atoms. The molecule has 98 valence electrons. The summed E-state index contributed by atoms with van der Waals surface area (Å²) in [6.07, 6.45) is 4.40. The average molecular weight is 257 g/mol. The van der Waals surface area contributed by atoms with Gasteiger partial charge in [-0.15, -0.1) is 0 Å². The number of carbonyl (C=O) groups excluding carboxylic acids is 1. The van der Waals surface area contributed by atoms with Crippen molar-refractivity contribution < 1.29 is 14.6 Å². The van der Waals surface area contributed by atoms with E-state index in [0.29, 0.717) is 0 Å². The van der Waals surface area contributed by atoms with Crippen LogP contribution in [0, 0.1) is 0 Å². The zero-order valence-electron chi connectivity index (χ0n) is 10.7. The monoisotopic (exact) mass is 257 g/mol. The maximum Gasteiger partial charge on any atom is 0.330 e. The Labute approximate surface area is 111 Å². The maximum absolute atomic E-state index is 11.5. The molecule has 0 fully saturated rings. The SMILES string of the molecule is COC(=O)C1CCC(C2=Cc3ccc(O)cc3C2)=N1. The van der Waals surface area contributed by atoms with Gasteiger partial charge in [0.15, 0.2) is 0 Å². The molecule has 1 N–H and O–H groups in total. The molecule has 4 nitrogen and oxygen atoms in total. The fourth-order valence-electron chi connectivity index (χ4n) is 2.66. The fourth-order valence-corrected chi connectivity index (χ4v) is 2.66. The molecule has 0 spiro atoms. The first-order valence-corrected chi connectivity index (χ1v) is 6.34. The van der Waals surface area contributed by atoms with Gasteiger partial charge >= 0.3 is 5.97 Å². The molecule has 1 aliphatic heterocycles. The minimum Gasteiger partial charge on any atom is -0.508 e. The number of benzene rings is 1. The number of hydrogen-bond acceptors (Lipinski definition) is 4. The molecule has 1 aromatic carbocycles. The molecule has 1 heterocycles. The number of esters is 1. The Hall–Kier alpha value is -2.10. The summed E-state index contributed by atoms with van der Waals surface area (Å²) in [4.78, 5) is 15.9. The van der Waals surface area contributed by atoms with Crippen molar-refractivity contribution in [1.29, 1.82) is 0 Å². The van der Waals surface area contributed by atoms with E-state index in [1.807, 2.05) is 6.07 Å². The molecule has 2 aliphatic rings. The molecular weight excluding hydrogens is 242 g/mol. The number of methoxy groups -OCH3 is 1. The highest BCUT2D eigenvalue weighted by Crippen LogP contribution is 2.31. The summed E-state index contributed by atoms with van der Waals surface area (Å²) in [5.74, 6) is 0.0259. The number of carbonyl (C=O) groups is 1. The molecule has 0 saturated heterocycles. The van der Waals surface area contributed by atoms with E-state index in [-0.39, 0.29) is 17.8 Å². The topological polar surface area (TPSA) is 58.9 Å². The number of ether oxygens (including phenoxy) is 1. The van der Waals surface area contributed by atoms with E-state index in [1.165, 1.54) is 7.11 Å². The van der Waals surface area contributed by atoms with Crippen molar-refractivity contribution in [1.82, 2.24) is 0 Å². The van der Waals surface area contributed by atoms with Crippen LogP contribution in [0.2, 0.25) is 0 Å². The Kier molecular flexibility index (Phi) is 2.85. The highest BCUT2D eigenvalue weighted by Gasteiger charge is 2.28. The Balaban J connectivity index is 1.82. The van der Waals surface area contributed by atoms with Crippen molar-refractivity contribution in [3.63, 3.8) is 0 Å². The van der Waals surface area contributed by atoms with E-state index >= 15 is 0 Å². The lowest BCUT2D eigenvalue weighted by Crippen LogP contribution is -2.16. The lowest BCUT2D eigenvalue weighted by atomic mass is 10.0. The Morgan fingerprint density at radius 3 is 3.11 bits per heavy atom. The van der Waals surface area contributed by atoms with Crippen molar-refractivity contribution in [2.24, 2.45) is 4.99 Å². The van der Waals surface area contributed by atoms with Crippen molar-refractivity contribution in [3.05, 3.63) is 34.9 Å². The summed E-state index contributed by atoms with van der Waals surface area (Å²) >= 11 is 0. The Morgan fingerprint density at radius 1 is 1.47 bits per heavy atom. The lowest BCUT2D eigenvalue weighted by Gasteiger charge is -2.02. The second-order valence-electron chi connectivity index (χ2n) is 4.88. The number of phenols is 1. The van der Waals surface area contributed by atoms with Gasteiger partial charge in [0.1, 0.15) is 11.8 Å². The van der Waals surface area contributed by atoms with E-state index in [0.717, 1.165) is 41.7 Å². The predicted octanol–water partition coefficient (Wildman–Crippen LogP) is 2.11. The first-order chi connectivity index (χ1) is 9.17. The average Bonchev–Trinajstić information content (AvgIpc) is 3.03. The van der Waals surface area contributed by atoms with Crippen molar-refractivity contribution in [2.45, 2.75) is 25.3 Å². The van der Waals surface area contributed by atoms with E-state index < -0.39 is 0 Å². The maximum atomic E-state index is 11.5. The number of phenolic OH excluding ortho intramolecular Hbond substituents is 1. The number of fused-ring (bicyclic) bond motifs is 1. The van der Waals surface area contributed by atoms with Crippen LogP contribution < -0.4 is 0 Å². The molecule has 4 heteroatoms. The summed E-state index contributed by atoms with van der Waals surface area (Å²) < 4.78 is 4.72. The summed E-state index contributed by atoms with van der Waals surface area (Å²) in [6.45, 7) is 0. The van der Waals surface area contributed by atoms with Crippen LogP contribution in [-0.4, -0.2) is 29.9 Å². The third-order valence-electron chi connectivity index (χ3n) is 3.65. The molecule has 3 rings (SSSR count). The smallest absolute Gasteiger partial charge is 0.330 e. The highest BCUT2D eigenvalue weighted by molar-refractivity contribution is 6.08. The second-order valence-corrected chi connectivity index (χ2v) is 4.88. The van der Waals surface area contributed by atoms with Gasteiger partial charge in [0.2, 0.25) is 0 Å². The fraction of sp³-hybridized carbons (Fsp3) is 0.333. The minimum absolute atomic E-state index is 0.260. The first-order valence-electron chi connectivity index (χ1n) is 6.34. The van der Waals surface area contributed by atoms with Crippen molar-refractivity contribution >= 4 is 17.8 Å². The van der Waals surface area contributed by atoms with E-state index in [4.69, 9.17) is 4.74 Å². The third-order valence-corrected chi connectivity index (χ3v) is 3.65. The highest BCUT2D eigenvalue weighted by atomic mass is 16.5. The van der Waals surface area contributed by atoms with Gasteiger partial charge in [0.25, 0.3) is 0 Å². The first kappa shape index (κ1) is 12.0. The molecule has 0 amide bonds. The Morgan fingerprint density at radius 2 is 2.32 bits per heavy atom. The summed E-state index contributed by atoms with van der Waals surface area (Å²) in [5.41, 5.74) is 4.37. The lowest BCUT2D eigenvalue weighted by molar-refractivity contribution is -0.141. The van der Waals surface area contributed by atoms with Crippen LogP contribution in [0.1, 0.15) is 24.0 Å². The van der Waals surface area contributed by atoms with E-state index in [9.17, 15) is 9.90 Å². The molecule has 0 saturated carbocycles. The van der Waals surface area contributed by atoms with Gasteiger partial charge in [0, 0.05) is 5.71 Å². The number of nitrogens with zero attached hydrogens (tertiary/aromatic N) is 1. The van der Waals surface area contributed by atoms with Crippen LogP contribution in [0.15, 0.2) is 28.8 Å². The standard InChI is InChI=1S/C15H15NO3/c1-19-15(18)14-5-4-13(16-14)11-6-9-2-3-12(17)8-10(9)7-11/h2-3,6,8,14,17H,4-5,7H2,1H3. The third kappa shape index (κ3) is 2.14. The van der Waals surface area contributed by atoms with Gasteiger partial charge < -0.3 is 9.84 Å². The van der Waals surface area contributed by atoms with E-state index in [1.54, 1.807) is 12.1 Å². The molecule has 0 radical (unpaired) electrons. The van der Waals surface area contributed by atoms with Gasteiger partial charge in [-0.1, -0.05) is 6.07 Å². The second kappa shape index (κ2) is 4.53. The Bertz CT molecular complexity index is 601. The quantitative estimate of drug-likeness (QED) is 0.825. The zero-order chi connectivity index (χ0) is 13.4. The van der Waals surface area contributed by atoms with Gasteiger partial charge in [0.05, 0.1) is 7.11 Å². The zero-order valence-corrected chi connectivity index (χ0v) is 10.7. The van der Waals surface area contributed by atoms with Crippen LogP contribution in [0.5, 0.6) is 5.75 Å². The molecule has 1 aliphatic carbocycles. The van der Waals surface area contributed by atoms with Gasteiger partial charge in [-0.25, -0.2) is 4.79 Å². The molecule has 1 aromatic rings. The largest absolute Gasteiger partial charge is 0.508 e.